The number of hydrogen-bond acceptors (Lipinski definition) is 4. The molecule has 3 aromatic heterocycles. The fourth-order valence-corrected chi connectivity index (χ4v) is 9.28. The van der Waals surface area contributed by atoms with Gasteiger partial charge in [-0.25, -0.2) is 15.0 Å². The largest absolute Gasteiger partial charge is 0.309 e. The molecule has 56 heavy (non-hydrogen) atoms. The molecule has 0 bridgehead atoms. The lowest BCUT2D eigenvalue weighted by Gasteiger charge is -2.14. The number of para-hydroxylation sites is 3. The van der Waals surface area contributed by atoms with Crippen LogP contribution in [0.4, 0.5) is 0 Å². The minimum Gasteiger partial charge on any atom is -0.309 e. The van der Waals surface area contributed by atoms with Crippen molar-refractivity contribution in [3.8, 4) is 62.1 Å². The van der Waals surface area contributed by atoms with Crippen LogP contribution < -0.4 is 0 Å². The van der Waals surface area contributed by atoms with Gasteiger partial charge in [0.25, 0.3) is 0 Å². The Balaban J connectivity index is 1.10. The molecular formula is C51H32N4S. The number of nitrogens with zero attached hydrogens (tertiary/aromatic N) is 4. The van der Waals surface area contributed by atoms with Crippen LogP contribution in [-0.4, -0.2) is 19.5 Å². The molecule has 0 saturated carbocycles. The summed E-state index contributed by atoms with van der Waals surface area (Å²) in [6, 6.07) is 59.7. The van der Waals surface area contributed by atoms with Crippen LogP contribution in [0.3, 0.4) is 0 Å². The van der Waals surface area contributed by atoms with Gasteiger partial charge in [0.2, 0.25) is 0 Å². The van der Waals surface area contributed by atoms with Crippen LogP contribution in [0.2, 0.25) is 0 Å². The average Bonchev–Trinajstić information content (AvgIpc) is 3.84. The van der Waals surface area contributed by atoms with Gasteiger partial charge in [-0.2, -0.15) is 0 Å². The number of hydrogen-bond donors (Lipinski definition) is 0. The van der Waals surface area contributed by atoms with Gasteiger partial charge in [0.1, 0.15) is 0 Å². The molecule has 0 fully saturated rings. The Kier molecular flexibility index (Phi) is 6.92. The summed E-state index contributed by atoms with van der Waals surface area (Å²) < 4.78 is 30.5. The fraction of sp³-hybridized carbons (Fsp3) is 0. The molecule has 0 radical (unpaired) electrons. The zero-order valence-electron chi connectivity index (χ0n) is 32.9. The summed E-state index contributed by atoms with van der Waals surface area (Å²) >= 11 is 1.83. The molecule has 0 unspecified atom stereocenters. The highest BCUT2D eigenvalue weighted by Crippen LogP contribution is 2.44. The van der Waals surface area contributed by atoms with E-state index in [9.17, 15) is 0 Å². The number of fused-ring (bicyclic) bond motifs is 6. The van der Waals surface area contributed by atoms with Crippen LogP contribution in [0.1, 0.15) is 4.11 Å². The van der Waals surface area contributed by atoms with Crippen LogP contribution >= 0.6 is 11.3 Å². The van der Waals surface area contributed by atoms with Crippen LogP contribution in [0.5, 0.6) is 0 Å². The Morgan fingerprint density at radius 2 is 0.929 bits per heavy atom. The van der Waals surface area contributed by atoms with Crippen LogP contribution in [0.25, 0.3) is 104 Å². The first kappa shape index (κ1) is 29.2. The lowest BCUT2D eigenvalue weighted by Crippen LogP contribution is -2.03. The predicted molar refractivity (Wildman–Crippen MR) is 234 cm³/mol. The van der Waals surface area contributed by atoms with Crippen molar-refractivity contribution in [1.82, 2.24) is 19.5 Å². The molecule has 8 aromatic carbocycles. The molecule has 0 aliphatic rings. The summed E-state index contributed by atoms with van der Waals surface area (Å²) in [5.74, 6) is 1.59. The molecule has 11 aromatic rings. The van der Waals surface area contributed by atoms with E-state index in [2.05, 4.69) is 95.6 Å². The minimum atomic E-state index is -0.0916. The maximum absolute atomic E-state index is 8.90. The maximum atomic E-state index is 8.90. The van der Waals surface area contributed by atoms with E-state index in [0.29, 0.717) is 28.4 Å². The van der Waals surface area contributed by atoms with Gasteiger partial charge >= 0.3 is 0 Å². The molecule has 0 amide bonds. The SMILES string of the molecule is [2H]c1cc2c(c([2H])c1[2H])c1ccccc1n2-c1ccccc1-c1nc(-c2ccccc2)nc(-c2cccc(-c3cccc4c3sc3c(-c5ccccc5)cccc34)c2)n1. The van der Waals surface area contributed by atoms with Gasteiger partial charge in [-0.05, 0) is 52.6 Å². The first-order chi connectivity index (χ1) is 29.0. The third-order valence-corrected chi connectivity index (χ3v) is 11.8. The fourth-order valence-electron chi connectivity index (χ4n) is 7.91. The van der Waals surface area contributed by atoms with Crippen molar-refractivity contribution in [3.63, 3.8) is 0 Å². The van der Waals surface area contributed by atoms with Crippen molar-refractivity contribution in [2.24, 2.45) is 0 Å². The lowest BCUT2D eigenvalue weighted by molar-refractivity contribution is 1.06. The smallest absolute Gasteiger partial charge is 0.166 e. The van der Waals surface area contributed by atoms with Crippen molar-refractivity contribution < 1.29 is 4.11 Å². The molecule has 4 nitrogen and oxygen atoms in total. The van der Waals surface area contributed by atoms with Crippen LogP contribution in [-0.2, 0) is 0 Å². The van der Waals surface area contributed by atoms with Crippen molar-refractivity contribution in [2.75, 3.05) is 0 Å². The van der Waals surface area contributed by atoms with E-state index in [0.717, 1.165) is 44.4 Å². The van der Waals surface area contributed by atoms with E-state index >= 15 is 0 Å². The number of aromatic nitrogens is 4. The Morgan fingerprint density at radius 3 is 1.71 bits per heavy atom. The van der Waals surface area contributed by atoms with Crippen molar-refractivity contribution in [2.45, 2.75) is 0 Å². The van der Waals surface area contributed by atoms with Crippen molar-refractivity contribution in [3.05, 3.63) is 194 Å². The van der Waals surface area contributed by atoms with E-state index in [1.165, 1.54) is 31.3 Å². The van der Waals surface area contributed by atoms with Crippen LogP contribution in [0, 0.1) is 0 Å². The topological polar surface area (TPSA) is 43.6 Å². The van der Waals surface area contributed by atoms with Gasteiger partial charge in [-0.15, -0.1) is 11.3 Å². The second-order valence-electron chi connectivity index (χ2n) is 13.8. The van der Waals surface area contributed by atoms with Gasteiger partial charge in [0.15, 0.2) is 17.5 Å². The summed E-state index contributed by atoms with van der Waals surface area (Å²) in [4.78, 5) is 15.4. The molecule has 0 saturated heterocycles. The van der Waals surface area contributed by atoms with Crippen LogP contribution in [0.15, 0.2) is 194 Å². The van der Waals surface area contributed by atoms with Gasteiger partial charge in [-0.1, -0.05) is 164 Å². The predicted octanol–water partition coefficient (Wildman–Crippen LogP) is 13.7. The molecule has 11 rings (SSSR count). The second kappa shape index (κ2) is 13.3. The minimum absolute atomic E-state index is 0.000652. The summed E-state index contributed by atoms with van der Waals surface area (Å²) in [7, 11) is 0. The molecule has 0 atom stereocenters. The molecule has 0 aliphatic carbocycles. The monoisotopic (exact) mass is 735 g/mol. The highest BCUT2D eigenvalue weighted by molar-refractivity contribution is 7.26. The third-order valence-electron chi connectivity index (χ3n) is 10.5. The summed E-state index contributed by atoms with van der Waals surface area (Å²) in [5.41, 5.74) is 9.50. The highest BCUT2D eigenvalue weighted by atomic mass is 32.1. The normalized spacial score (nSPS) is 12.3. The van der Waals surface area contributed by atoms with E-state index in [1.54, 1.807) is 6.07 Å². The standard InChI is InChI=1S/C51H32N4S/c1-3-16-33(17-4-1)37-25-14-27-41-42-28-15-26-38(48(42)56-47(37)41)35-20-13-21-36(32-35)50-52-49(34-18-5-2-6-19-34)53-51(54-50)43-24-9-12-31-46(43)55-44-29-10-7-22-39(44)40-23-8-11-30-45(40)55/h1-32H/i7D,10D,22D. The second-order valence-corrected chi connectivity index (χ2v) is 14.8. The first-order valence-corrected chi connectivity index (χ1v) is 19.4. The van der Waals surface area contributed by atoms with Gasteiger partial charge in [0.05, 0.1) is 20.8 Å². The molecule has 262 valence electrons. The summed E-state index contributed by atoms with van der Waals surface area (Å²) in [5, 5.41) is 3.97. The number of thiophene rings is 1. The van der Waals surface area contributed by atoms with Crippen molar-refractivity contribution in [1.29, 1.82) is 0 Å². The van der Waals surface area contributed by atoms with E-state index in [1.807, 2.05) is 90.2 Å². The quantitative estimate of drug-likeness (QED) is 0.171. The van der Waals surface area contributed by atoms with Gasteiger partial charge < -0.3 is 4.57 Å². The molecule has 3 heterocycles. The number of rotatable bonds is 6. The zero-order valence-corrected chi connectivity index (χ0v) is 30.8. The molecule has 0 N–H and O–H groups in total. The average molecular weight is 736 g/mol. The third kappa shape index (κ3) is 5.32. The maximum Gasteiger partial charge on any atom is 0.166 e. The van der Waals surface area contributed by atoms with E-state index in [4.69, 9.17) is 19.1 Å². The summed E-state index contributed by atoms with van der Waals surface area (Å²) in [6.07, 6.45) is 0. The zero-order chi connectivity index (χ0) is 39.6. The van der Waals surface area contributed by atoms with E-state index in [-0.39, 0.29) is 18.1 Å². The Bertz CT molecular complexity index is 3430. The van der Waals surface area contributed by atoms with E-state index < -0.39 is 0 Å². The Hall–Kier alpha value is -7.21. The highest BCUT2D eigenvalue weighted by Gasteiger charge is 2.20. The molecule has 0 aliphatic heterocycles. The molecule has 0 spiro atoms. The molecular weight excluding hydrogens is 701 g/mol. The lowest BCUT2D eigenvalue weighted by atomic mass is 9.99. The Labute approximate surface area is 331 Å². The number of benzene rings is 8. The first-order valence-electron chi connectivity index (χ1n) is 20.0. The van der Waals surface area contributed by atoms with Gasteiger partial charge in [-0.3, -0.25) is 0 Å². The summed E-state index contributed by atoms with van der Waals surface area (Å²) in [6.45, 7) is 0. The Morgan fingerprint density at radius 1 is 0.393 bits per heavy atom. The van der Waals surface area contributed by atoms with Crippen molar-refractivity contribution >= 4 is 53.3 Å². The molecule has 5 heteroatoms. The van der Waals surface area contributed by atoms with Gasteiger partial charge in [0, 0.05) is 47.6 Å².